The molecule has 0 aliphatic rings. The molecule has 82 valence electrons. The summed E-state index contributed by atoms with van der Waals surface area (Å²) in [5.74, 6) is -1.00. The first-order valence-corrected chi connectivity index (χ1v) is 4.68. The number of benzene rings is 1. The van der Waals surface area contributed by atoms with E-state index in [0.29, 0.717) is 5.56 Å². The number of aliphatic hydroxyl groups is 1. The highest BCUT2D eigenvalue weighted by Gasteiger charge is 2.11. The fraction of sp³-hybridized carbons (Fsp3) is 0.364. The maximum absolute atomic E-state index is 10.4. The monoisotopic (exact) mass is 209 g/mol. The van der Waals surface area contributed by atoms with Crippen LogP contribution in [0.5, 0.6) is 0 Å². The van der Waals surface area contributed by atoms with Gasteiger partial charge in [0.05, 0.1) is 12.5 Å². The van der Waals surface area contributed by atoms with E-state index in [1.807, 2.05) is 31.1 Å². The van der Waals surface area contributed by atoms with Gasteiger partial charge in [-0.25, -0.2) is 0 Å². The van der Waals surface area contributed by atoms with E-state index in [9.17, 15) is 9.90 Å². The van der Waals surface area contributed by atoms with E-state index < -0.39 is 12.1 Å². The molecule has 2 N–H and O–H groups in total. The number of aliphatic hydroxyl groups excluding tert-OH is 1. The van der Waals surface area contributed by atoms with Gasteiger partial charge in [0.25, 0.3) is 0 Å². The van der Waals surface area contributed by atoms with Crippen LogP contribution in [0.15, 0.2) is 24.3 Å². The Bertz CT molecular complexity index is 332. The van der Waals surface area contributed by atoms with Gasteiger partial charge in [0.15, 0.2) is 0 Å². The quantitative estimate of drug-likeness (QED) is 0.783. The predicted molar refractivity (Wildman–Crippen MR) is 58.0 cm³/mol. The SMILES string of the molecule is CN(C)c1ccc([C@H](O)CC(=O)O)cc1. The molecule has 0 spiro atoms. The first-order chi connectivity index (χ1) is 7.00. The minimum Gasteiger partial charge on any atom is -0.481 e. The first-order valence-electron chi connectivity index (χ1n) is 4.68. The molecule has 0 radical (unpaired) electrons. The van der Waals surface area contributed by atoms with Crippen LogP contribution in [0.4, 0.5) is 5.69 Å². The maximum atomic E-state index is 10.4. The van der Waals surface area contributed by atoms with E-state index in [0.717, 1.165) is 5.69 Å². The molecule has 0 saturated carbocycles. The Morgan fingerprint density at radius 3 is 2.27 bits per heavy atom. The number of carbonyl (C=O) groups is 1. The van der Waals surface area contributed by atoms with E-state index in [4.69, 9.17) is 5.11 Å². The third-order valence-corrected chi connectivity index (χ3v) is 2.16. The molecule has 0 bridgehead atoms. The molecular formula is C11H15NO3. The van der Waals surface area contributed by atoms with Gasteiger partial charge in [0.2, 0.25) is 0 Å². The number of nitrogens with zero attached hydrogens (tertiary/aromatic N) is 1. The molecule has 0 aromatic heterocycles. The summed E-state index contributed by atoms with van der Waals surface area (Å²) in [4.78, 5) is 12.3. The van der Waals surface area contributed by atoms with Crippen LogP contribution in [-0.4, -0.2) is 30.3 Å². The van der Waals surface area contributed by atoms with Gasteiger partial charge in [-0.15, -0.1) is 0 Å². The zero-order valence-electron chi connectivity index (χ0n) is 8.84. The topological polar surface area (TPSA) is 60.8 Å². The molecule has 1 rings (SSSR count). The summed E-state index contributed by atoms with van der Waals surface area (Å²) in [5, 5.41) is 18.0. The molecule has 1 aromatic rings. The van der Waals surface area contributed by atoms with E-state index in [1.165, 1.54) is 0 Å². The van der Waals surface area contributed by atoms with Crippen LogP contribution < -0.4 is 4.90 Å². The lowest BCUT2D eigenvalue weighted by Crippen LogP contribution is -2.09. The second-order valence-electron chi connectivity index (χ2n) is 3.60. The van der Waals surface area contributed by atoms with Crippen LogP contribution >= 0.6 is 0 Å². The molecule has 0 unspecified atom stereocenters. The lowest BCUT2D eigenvalue weighted by atomic mass is 10.1. The molecule has 4 heteroatoms. The van der Waals surface area contributed by atoms with Crippen molar-refractivity contribution in [1.29, 1.82) is 0 Å². The second-order valence-corrected chi connectivity index (χ2v) is 3.60. The van der Waals surface area contributed by atoms with Gasteiger partial charge >= 0.3 is 5.97 Å². The number of carboxylic acids is 1. The van der Waals surface area contributed by atoms with E-state index >= 15 is 0 Å². The van der Waals surface area contributed by atoms with Gasteiger partial charge in [0.1, 0.15) is 0 Å². The van der Waals surface area contributed by atoms with Crippen LogP contribution in [0.3, 0.4) is 0 Å². The zero-order chi connectivity index (χ0) is 11.4. The number of aliphatic carboxylic acids is 1. The zero-order valence-corrected chi connectivity index (χ0v) is 8.84. The van der Waals surface area contributed by atoms with Crippen molar-refractivity contribution in [2.75, 3.05) is 19.0 Å². The van der Waals surface area contributed by atoms with Crippen molar-refractivity contribution in [2.24, 2.45) is 0 Å². The minimum absolute atomic E-state index is 0.263. The Balaban J connectivity index is 2.75. The third-order valence-electron chi connectivity index (χ3n) is 2.16. The summed E-state index contributed by atoms with van der Waals surface area (Å²) in [5.41, 5.74) is 1.64. The average molecular weight is 209 g/mol. The van der Waals surface area contributed by atoms with Crippen molar-refractivity contribution < 1.29 is 15.0 Å². The van der Waals surface area contributed by atoms with Crippen molar-refractivity contribution in [3.63, 3.8) is 0 Å². The van der Waals surface area contributed by atoms with Crippen LogP contribution in [0, 0.1) is 0 Å². The number of rotatable bonds is 4. The predicted octanol–water partition coefficient (Wildman–Crippen LogP) is 1.26. The van der Waals surface area contributed by atoms with E-state index in [2.05, 4.69) is 0 Å². The Kier molecular flexibility index (Phi) is 3.68. The number of carboxylic acid groups (broad SMARTS) is 1. The Hall–Kier alpha value is -1.55. The lowest BCUT2D eigenvalue weighted by Gasteiger charge is -2.14. The van der Waals surface area contributed by atoms with Crippen molar-refractivity contribution in [3.8, 4) is 0 Å². The Morgan fingerprint density at radius 1 is 1.33 bits per heavy atom. The molecular weight excluding hydrogens is 194 g/mol. The molecule has 4 nitrogen and oxygen atoms in total. The Morgan fingerprint density at radius 2 is 1.87 bits per heavy atom. The summed E-state index contributed by atoms with van der Waals surface area (Å²) in [6, 6.07) is 7.17. The summed E-state index contributed by atoms with van der Waals surface area (Å²) in [6.45, 7) is 0. The molecule has 1 aromatic carbocycles. The number of hydrogen-bond acceptors (Lipinski definition) is 3. The fourth-order valence-corrected chi connectivity index (χ4v) is 1.28. The van der Waals surface area contributed by atoms with Crippen LogP contribution in [0.25, 0.3) is 0 Å². The van der Waals surface area contributed by atoms with Crippen LogP contribution in [0.1, 0.15) is 18.1 Å². The summed E-state index contributed by atoms with van der Waals surface area (Å²) in [6.07, 6.45) is -1.19. The largest absolute Gasteiger partial charge is 0.481 e. The second kappa shape index (κ2) is 4.79. The molecule has 0 heterocycles. The summed E-state index contributed by atoms with van der Waals surface area (Å²) < 4.78 is 0. The molecule has 0 amide bonds. The summed E-state index contributed by atoms with van der Waals surface area (Å²) in [7, 11) is 3.84. The van der Waals surface area contributed by atoms with Gasteiger partial charge in [-0.2, -0.15) is 0 Å². The summed E-state index contributed by atoms with van der Waals surface area (Å²) >= 11 is 0. The van der Waals surface area contributed by atoms with Crippen molar-refractivity contribution in [2.45, 2.75) is 12.5 Å². The van der Waals surface area contributed by atoms with Crippen molar-refractivity contribution in [3.05, 3.63) is 29.8 Å². The maximum Gasteiger partial charge on any atom is 0.306 e. The smallest absolute Gasteiger partial charge is 0.306 e. The molecule has 0 aliphatic carbocycles. The van der Waals surface area contributed by atoms with Gasteiger partial charge in [0, 0.05) is 19.8 Å². The molecule has 0 fully saturated rings. The first kappa shape index (κ1) is 11.5. The van der Waals surface area contributed by atoms with Gasteiger partial charge in [-0.3, -0.25) is 4.79 Å². The molecule has 15 heavy (non-hydrogen) atoms. The van der Waals surface area contributed by atoms with Gasteiger partial charge in [-0.1, -0.05) is 12.1 Å². The average Bonchev–Trinajstić information content (AvgIpc) is 2.17. The van der Waals surface area contributed by atoms with E-state index in [1.54, 1.807) is 12.1 Å². The van der Waals surface area contributed by atoms with E-state index in [-0.39, 0.29) is 6.42 Å². The minimum atomic E-state index is -1.00. The third kappa shape index (κ3) is 3.25. The highest BCUT2D eigenvalue weighted by Crippen LogP contribution is 2.19. The molecule has 0 aliphatic heterocycles. The van der Waals surface area contributed by atoms with Crippen molar-refractivity contribution in [1.82, 2.24) is 0 Å². The van der Waals surface area contributed by atoms with Gasteiger partial charge < -0.3 is 15.1 Å². The standard InChI is InChI=1S/C11H15NO3/c1-12(2)9-5-3-8(4-6-9)10(13)7-11(14)15/h3-6,10,13H,7H2,1-2H3,(H,14,15)/t10-/m1/s1. The Labute approximate surface area is 88.8 Å². The molecule has 1 atom stereocenters. The normalized spacial score (nSPS) is 12.2. The highest BCUT2D eigenvalue weighted by atomic mass is 16.4. The highest BCUT2D eigenvalue weighted by molar-refractivity contribution is 5.67. The van der Waals surface area contributed by atoms with Crippen LogP contribution in [-0.2, 0) is 4.79 Å². The number of anilines is 1. The number of hydrogen-bond donors (Lipinski definition) is 2. The lowest BCUT2D eigenvalue weighted by molar-refractivity contribution is -0.139. The molecule has 0 saturated heterocycles. The van der Waals surface area contributed by atoms with Gasteiger partial charge in [-0.05, 0) is 17.7 Å². The van der Waals surface area contributed by atoms with Crippen LogP contribution in [0.2, 0.25) is 0 Å². The van der Waals surface area contributed by atoms with Crippen molar-refractivity contribution >= 4 is 11.7 Å². The fourth-order valence-electron chi connectivity index (χ4n) is 1.28.